The molecule has 1 aromatic carbocycles. The van der Waals surface area contributed by atoms with Gasteiger partial charge in [0.05, 0.1) is 0 Å². The molecule has 0 saturated heterocycles. The van der Waals surface area contributed by atoms with Crippen molar-refractivity contribution in [3.63, 3.8) is 0 Å². The number of hydrogen-bond donors (Lipinski definition) is 0. The fraction of sp³-hybridized carbons (Fsp3) is 0.684. The van der Waals surface area contributed by atoms with E-state index in [2.05, 4.69) is 80.5 Å². The first-order chi connectivity index (χ1) is 7.83. The lowest BCUT2D eigenvalue weighted by Crippen LogP contribution is -2.23. The molecule has 0 heterocycles. The first kappa shape index (κ1) is 18.2. The van der Waals surface area contributed by atoms with Gasteiger partial charge in [-0.05, 0) is 32.9 Å². The average Bonchev–Trinajstić information content (AvgIpc) is 2.12. The Morgan fingerprint density at radius 3 is 1.32 bits per heavy atom. The van der Waals surface area contributed by atoms with Crippen LogP contribution in [0.4, 0.5) is 0 Å². The number of rotatable bonds is 0. The van der Waals surface area contributed by atoms with Crippen LogP contribution in [-0.4, -0.2) is 0 Å². The van der Waals surface area contributed by atoms with E-state index in [-0.39, 0.29) is 23.7 Å². The van der Waals surface area contributed by atoms with Gasteiger partial charge in [-0.25, -0.2) is 0 Å². The largest absolute Gasteiger partial charge is 0.0776 e. The molecular weight excluding hydrogens is 228 g/mol. The Bertz CT molecular complexity index is 417. The van der Waals surface area contributed by atoms with E-state index in [9.17, 15) is 0 Å². The molecule has 0 N–H and O–H groups in total. The minimum atomic E-state index is 0. The maximum atomic E-state index is 2.42. The highest BCUT2D eigenvalue weighted by Gasteiger charge is 2.26. The van der Waals surface area contributed by atoms with Crippen LogP contribution in [0.5, 0.6) is 0 Å². The molecule has 0 atom stereocenters. The summed E-state index contributed by atoms with van der Waals surface area (Å²) in [6.07, 6.45) is 0. The molecule has 110 valence electrons. The lowest BCUT2D eigenvalue weighted by molar-refractivity contribution is 0.523. The zero-order valence-electron chi connectivity index (χ0n) is 13.7. The van der Waals surface area contributed by atoms with Crippen LogP contribution in [0.25, 0.3) is 0 Å². The van der Waals surface area contributed by atoms with Gasteiger partial charge < -0.3 is 0 Å². The minimum Gasteiger partial charge on any atom is -0.0776 e. The van der Waals surface area contributed by atoms with Crippen LogP contribution in [0.3, 0.4) is 0 Å². The Morgan fingerprint density at radius 1 is 0.579 bits per heavy atom. The van der Waals surface area contributed by atoms with Gasteiger partial charge in [-0.2, -0.15) is 0 Å². The molecule has 0 amide bonds. The lowest BCUT2D eigenvalue weighted by Gasteiger charge is -2.32. The van der Waals surface area contributed by atoms with E-state index < -0.39 is 0 Å². The van der Waals surface area contributed by atoms with Crippen LogP contribution in [-0.2, 0) is 16.2 Å². The van der Waals surface area contributed by atoms with Crippen LogP contribution in [0.2, 0.25) is 0 Å². The molecule has 0 nitrogen and oxygen atoms in total. The maximum absolute atomic E-state index is 2.42. The van der Waals surface area contributed by atoms with E-state index >= 15 is 0 Å². The highest BCUT2D eigenvalue weighted by atomic mass is 14.3. The van der Waals surface area contributed by atoms with E-state index in [1.165, 1.54) is 16.7 Å². The fourth-order valence-corrected chi connectivity index (χ4v) is 2.29. The summed E-state index contributed by atoms with van der Waals surface area (Å²) in [4.78, 5) is 0. The smallest absolute Gasteiger partial charge is 0.0129 e. The van der Waals surface area contributed by atoms with Crippen molar-refractivity contribution in [3.8, 4) is 0 Å². The SMILES string of the molecule is C.CC(C)(C)c1ccc(C(C)(C)C)c(C(C)(C)C)c1. The van der Waals surface area contributed by atoms with Crippen molar-refractivity contribution in [2.75, 3.05) is 0 Å². The van der Waals surface area contributed by atoms with Crippen molar-refractivity contribution in [3.05, 3.63) is 34.9 Å². The third-order valence-corrected chi connectivity index (χ3v) is 3.50. The van der Waals surface area contributed by atoms with E-state index in [1.807, 2.05) is 0 Å². The van der Waals surface area contributed by atoms with Crippen LogP contribution in [0.1, 0.15) is 86.4 Å². The average molecular weight is 262 g/mol. The summed E-state index contributed by atoms with van der Waals surface area (Å²) < 4.78 is 0. The predicted octanol–water partition coefficient (Wildman–Crippen LogP) is 6.22. The molecule has 0 spiro atoms. The van der Waals surface area contributed by atoms with E-state index in [0.717, 1.165) is 0 Å². The molecule has 0 unspecified atom stereocenters. The van der Waals surface area contributed by atoms with Gasteiger partial charge in [-0.15, -0.1) is 0 Å². The van der Waals surface area contributed by atoms with E-state index in [4.69, 9.17) is 0 Å². The number of benzene rings is 1. The van der Waals surface area contributed by atoms with Crippen LogP contribution in [0, 0.1) is 0 Å². The van der Waals surface area contributed by atoms with E-state index in [0.29, 0.717) is 0 Å². The Morgan fingerprint density at radius 2 is 1.00 bits per heavy atom. The molecular formula is C19H34. The highest BCUT2D eigenvalue weighted by Crippen LogP contribution is 2.36. The monoisotopic (exact) mass is 262 g/mol. The fourth-order valence-electron chi connectivity index (χ4n) is 2.29. The topological polar surface area (TPSA) is 0 Å². The van der Waals surface area contributed by atoms with Crippen molar-refractivity contribution < 1.29 is 0 Å². The van der Waals surface area contributed by atoms with Gasteiger partial charge in [-0.3, -0.25) is 0 Å². The second kappa shape index (κ2) is 5.31. The quantitative estimate of drug-likeness (QED) is 0.521. The summed E-state index contributed by atoms with van der Waals surface area (Å²) >= 11 is 0. The molecule has 0 heteroatoms. The summed E-state index contributed by atoms with van der Waals surface area (Å²) in [5.74, 6) is 0. The van der Waals surface area contributed by atoms with Gasteiger partial charge in [0.2, 0.25) is 0 Å². The van der Waals surface area contributed by atoms with Gasteiger partial charge >= 0.3 is 0 Å². The zero-order valence-corrected chi connectivity index (χ0v) is 13.7. The van der Waals surface area contributed by atoms with Gasteiger partial charge in [0, 0.05) is 0 Å². The molecule has 0 aliphatic heterocycles. The number of hydrogen-bond acceptors (Lipinski definition) is 0. The molecule has 1 rings (SSSR count). The highest BCUT2D eigenvalue weighted by molar-refractivity contribution is 5.42. The molecule has 0 aliphatic carbocycles. The Hall–Kier alpha value is -0.780. The van der Waals surface area contributed by atoms with E-state index in [1.54, 1.807) is 0 Å². The maximum Gasteiger partial charge on any atom is -0.0129 e. The minimum absolute atomic E-state index is 0. The van der Waals surface area contributed by atoms with Gasteiger partial charge in [0.15, 0.2) is 0 Å². The van der Waals surface area contributed by atoms with Gasteiger partial charge in [0.25, 0.3) is 0 Å². The van der Waals surface area contributed by atoms with Crippen molar-refractivity contribution in [2.45, 2.75) is 86.0 Å². The Labute approximate surface area is 121 Å². The van der Waals surface area contributed by atoms with Crippen LogP contribution in [0.15, 0.2) is 18.2 Å². The van der Waals surface area contributed by atoms with Crippen molar-refractivity contribution in [1.82, 2.24) is 0 Å². The first-order valence-electron chi connectivity index (χ1n) is 6.99. The van der Waals surface area contributed by atoms with Crippen LogP contribution < -0.4 is 0 Å². The normalized spacial score (nSPS) is 13.1. The lowest BCUT2D eigenvalue weighted by atomic mass is 9.73. The van der Waals surface area contributed by atoms with Crippen molar-refractivity contribution in [1.29, 1.82) is 0 Å². The predicted molar refractivity (Wildman–Crippen MR) is 89.3 cm³/mol. The third-order valence-electron chi connectivity index (χ3n) is 3.50. The summed E-state index contributed by atoms with van der Waals surface area (Å²) in [5.41, 5.74) is 5.02. The molecule has 0 radical (unpaired) electrons. The Kier molecular flexibility index (Phi) is 5.09. The molecule has 0 saturated carbocycles. The van der Waals surface area contributed by atoms with Crippen molar-refractivity contribution in [2.24, 2.45) is 0 Å². The van der Waals surface area contributed by atoms with Crippen molar-refractivity contribution >= 4 is 0 Å². The van der Waals surface area contributed by atoms with Gasteiger partial charge in [-0.1, -0.05) is 87.9 Å². The first-order valence-corrected chi connectivity index (χ1v) is 6.99. The summed E-state index contributed by atoms with van der Waals surface area (Å²) in [5, 5.41) is 0. The molecule has 0 aliphatic rings. The molecule has 0 aromatic heterocycles. The van der Waals surface area contributed by atoms with Crippen LogP contribution >= 0.6 is 0 Å². The molecule has 0 fully saturated rings. The third kappa shape index (κ3) is 4.37. The Balaban J connectivity index is 0.00000324. The molecule has 0 bridgehead atoms. The molecule has 1 aromatic rings. The zero-order chi connectivity index (χ0) is 14.4. The summed E-state index contributed by atoms with van der Waals surface area (Å²) in [6.45, 7) is 20.7. The molecule has 19 heavy (non-hydrogen) atoms. The standard InChI is InChI=1S/C18H30.CH4/c1-16(2,3)13-10-11-14(17(4,5)6)15(12-13)18(7,8)9;/h10-12H,1-9H3;1H4. The summed E-state index contributed by atoms with van der Waals surface area (Å²) in [7, 11) is 0. The van der Waals surface area contributed by atoms with Gasteiger partial charge in [0.1, 0.15) is 0 Å². The second-order valence-electron chi connectivity index (χ2n) is 8.51. The second-order valence-corrected chi connectivity index (χ2v) is 8.51. The summed E-state index contributed by atoms with van der Waals surface area (Å²) in [6, 6.07) is 7.05.